The van der Waals surface area contributed by atoms with Crippen LogP contribution >= 0.6 is 11.3 Å². The Kier molecular flexibility index (Phi) is 5.46. The molecule has 2 atom stereocenters. The number of carbonyl (C=O) groups excluding carboxylic acids is 1. The highest BCUT2D eigenvalue weighted by Crippen LogP contribution is 2.27. The first kappa shape index (κ1) is 15.4. The average Bonchev–Trinajstić information content (AvgIpc) is 2.92. The molecule has 0 radical (unpaired) electrons. The maximum Gasteiger partial charge on any atom is 0.222 e. The highest BCUT2D eigenvalue weighted by Gasteiger charge is 2.28. The number of hydrogen-bond donors (Lipinski definition) is 1. The van der Waals surface area contributed by atoms with Crippen molar-refractivity contribution < 1.29 is 4.79 Å². The van der Waals surface area contributed by atoms with Gasteiger partial charge >= 0.3 is 0 Å². The normalized spacial score (nSPS) is 23.1. The van der Waals surface area contributed by atoms with E-state index < -0.39 is 0 Å². The molecular formula is C16H26N2OS. The van der Waals surface area contributed by atoms with Crippen molar-refractivity contribution in [3.05, 3.63) is 16.8 Å². The quantitative estimate of drug-likeness (QED) is 0.901. The second-order valence-electron chi connectivity index (χ2n) is 6.14. The van der Waals surface area contributed by atoms with Crippen LogP contribution in [0.3, 0.4) is 0 Å². The first-order valence-corrected chi connectivity index (χ1v) is 8.62. The van der Waals surface area contributed by atoms with E-state index in [9.17, 15) is 4.79 Å². The third-order valence-electron chi connectivity index (χ3n) is 3.98. The molecule has 1 aliphatic heterocycles. The Labute approximate surface area is 126 Å². The Morgan fingerprint density at radius 2 is 2.30 bits per heavy atom. The predicted molar refractivity (Wildman–Crippen MR) is 86.3 cm³/mol. The van der Waals surface area contributed by atoms with Gasteiger partial charge in [-0.2, -0.15) is 11.3 Å². The molecule has 112 valence electrons. The number of amides is 1. The van der Waals surface area contributed by atoms with Crippen molar-refractivity contribution in [2.75, 3.05) is 18.0 Å². The molecule has 0 saturated carbocycles. The van der Waals surface area contributed by atoms with Gasteiger partial charge in [0, 0.05) is 36.1 Å². The number of hydrogen-bond acceptors (Lipinski definition) is 3. The summed E-state index contributed by atoms with van der Waals surface area (Å²) in [6.45, 7) is 8.22. The van der Waals surface area contributed by atoms with Gasteiger partial charge in [-0.1, -0.05) is 27.2 Å². The maximum absolute atomic E-state index is 11.9. The van der Waals surface area contributed by atoms with Crippen LogP contribution in [0.5, 0.6) is 0 Å². The Hall–Kier alpha value is -1.03. The molecular weight excluding hydrogens is 268 g/mol. The molecule has 1 aliphatic rings. The highest BCUT2D eigenvalue weighted by atomic mass is 32.1. The minimum Gasteiger partial charge on any atom is -0.369 e. The summed E-state index contributed by atoms with van der Waals surface area (Å²) in [6, 6.07) is 2.47. The molecule has 0 aromatic carbocycles. The van der Waals surface area contributed by atoms with E-state index in [1.165, 1.54) is 18.5 Å². The van der Waals surface area contributed by atoms with Crippen molar-refractivity contribution in [2.45, 2.75) is 46.1 Å². The lowest BCUT2D eigenvalue weighted by Gasteiger charge is -2.39. The van der Waals surface area contributed by atoms with Crippen LogP contribution in [0.4, 0.5) is 5.69 Å². The molecule has 1 aromatic heterocycles. The van der Waals surface area contributed by atoms with E-state index in [4.69, 9.17) is 0 Å². The maximum atomic E-state index is 11.9. The number of thiophene rings is 1. The van der Waals surface area contributed by atoms with Gasteiger partial charge in [-0.3, -0.25) is 4.79 Å². The van der Waals surface area contributed by atoms with Crippen LogP contribution in [0, 0.1) is 11.8 Å². The molecule has 2 heterocycles. The number of rotatable bonds is 5. The predicted octanol–water partition coefficient (Wildman–Crippen LogP) is 3.52. The van der Waals surface area contributed by atoms with Crippen molar-refractivity contribution in [3.63, 3.8) is 0 Å². The van der Waals surface area contributed by atoms with E-state index in [1.54, 1.807) is 11.3 Å². The Morgan fingerprint density at radius 1 is 1.50 bits per heavy atom. The van der Waals surface area contributed by atoms with Crippen molar-refractivity contribution in [1.82, 2.24) is 5.32 Å². The summed E-state index contributed by atoms with van der Waals surface area (Å²) in [6.07, 6.45) is 3.58. The number of nitrogens with one attached hydrogen (secondary N) is 1. The van der Waals surface area contributed by atoms with Crippen LogP contribution in [0.2, 0.25) is 0 Å². The zero-order valence-corrected chi connectivity index (χ0v) is 13.6. The minimum atomic E-state index is 0.0659. The minimum absolute atomic E-state index is 0.0659. The van der Waals surface area contributed by atoms with Crippen LogP contribution in [0.1, 0.15) is 40.0 Å². The Morgan fingerprint density at radius 3 is 2.90 bits per heavy atom. The van der Waals surface area contributed by atoms with Gasteiger partial charge in [0.1, 0.15) is 0 Å². The first-order valence-electron chi connectivity index (χ1n) is 7.67. The molecule has 20 heavy (non-hydrogen) atoms. The van der Waals surface area contributed by atoms with E-state index in [-0.39, 0.29) is 17.9 Å². The first-order chi connectivity index (χ1) is 9.60. The van der Waals surface area contributed by atoms with Gasteiger partial charge in [-0.05, 0) is 30.2 Å². The van der Waals surface area contributed by atoms with E-state index in [0.29, 0.717) is 5.92 Å². The fourth-order valence-electron chi connectivity index (χ4n) is 2.94. The SMILES string of the molecule is CCCC1CC(NC(=O)C(C)C)CN(c2ccsc2)C1. The lowest BCUT2D eigenvalue weighted by atomic mass is 9.90. The van der Waals surface area contributed by atoms with E-state index in [1.807, 2.05) is 13.8 Å². The van der Waals surface area contributed by atoms with Gasteiger partial charge < -0.3 is 10.2 Å². The van der Waals surface area contributed by atoms with Gasteiger partial charge in [0.25, 0.3) is 0 Å². The fourth-order valence-corrected chi connectivity index (χ4v) is 3.61. The third-order valence-corrected chi connectivity index (χ3v) is 4.65. The topological polar surface area (TPSA) is 32.3 Å². The molecule has 4 heteroatoms. The van der Waals surface area contributed by atoms with Crippen LogP contribution in [0.15, 0.2) is 16.8 Å². The smallest absolute Gasteiger partial charge is 0.222 e. The van der Waals surface area contributed by atoms with Crippen molar-refractivity contribution in [1.29, 1.82) is 0 Å². The number of anilines is 1. The second-order valence-corrected chi connectivity index (χ2v) is 6.92. The van der Waals surface area contributed by atoms with Crippen molar-refractivity contribution in [2.24, 2.45) is 11.8 Å². The van der Waals surface area contributed by atoms with Crippen molar-refractivity contribution in [3.8, 4) is 0 Å². The zero-order valence-electron chi connectivity index (χ0n) is 12.8. The van der Waals surface area contributed by atoms with Gasteiger partial charge in [0.2, 0.25) is 5.91 Å². The summed E-state index contributed by atoms with van der Waals surface area (Å²) in [5, 5.41) is 7.55. The standard InChI is InChI=1S/C16H26N2OS/c1-4-5-13-8-14(17-16(19)12(2)3)10-18(9-13)15-6-7-20-11-15/h6-7,11-14H,4-5,8-10H2,1-3H3,(H,17,19). The molecule has 2 unspecified atom stereocenters. The zero-order chi connectivity index (χ0) is 14.5. The molecule has 2 rings (SSSR count). The van der Waals surface area contributed by atoms with Crippen LogP contribution in [-0.2, 0) is 4.79 Å². The van der Waals surface area contributed by atoms with E-state index >= 15 is 0 Å². The van der Waals surface area contributed by atoms with Gasteiger partial charge in [-0.15, -0.1) is 0 Å². The summed E-state index contributed by atoms with van der Waals surface area (Å²) < 4.78 is 0. The Bertz CT molecular complexity index is 416. The molecule has 0 spiro atoms. The van der Waals surface area contributed by atoms with Gasteiger partial charge in [0.05, 0.1) is 0 Å². The number of nitrogens with zero attached hydrogens (tertiary/aromatic N) is 1. The second kappa shape index (κ2) is 7.11. The molecule has 1 fully saturated rings. The summed E-state index contributed by atoms with van der Waals surface area (Å²) in [7, 11) is 0. The molecule has 1 amide bonds. The molecule has 1 N–H and O–H groups in total. The van der Waals surface area contributed by atoms with Crippen LogP contribution in [0.25, 0.3) is 0 Å². The largest absolute Gasteiger partial charge is 0.369 e. The number of carbonyl (C=O) groups is 1. The Balaban J connectivity index is 2.02. The average molecular weight is 294 g/mol. The monoisotopic (exact) mass is 294 g/mol. The fraction of sp³-hybridized carbons (Fsp3) is 0.688. The summed E-state index contributed by atoms with van der Waals surface area (Å²) in [5.41, 5.74) is 1.31. The lowest BCUT2D eigenvalue weighted by molar-refractivity contribution is -0.124. The van der Waals surface area contributed by atoms with Crippen LogP contribution < -0.4 is 10.2 Å². The van der Waals surface area contributed by atoms with Crippen molar-refractivity contribution >= 4 is 22.9 Å². The molecule has 1 aromatic rings. The van der Waals surface area contributed by atoms with Crippen LogP contribution in [-0.4, -0.2) is 25.0 Å². The van der Waals surface area contributed by atoms with E-state index in [0.717, 1.165) is 19.5 Å². The molecule has 0 bridgehead atoms. The lowest BCUT2D eigenvalue weighted by Crippen LogP contribution is -2.51. The summed E-state index contributed by atoms with van der Waals surface area (Å²) in [4.78, 5) is 14.4. The van der Waals surface area contributed by atoms with E-state index in [2.05, 4.69) is 34.0 Å². The molecule has 1 saturated heterocycles. The highest BCUT2D eigenvalue weighted by molar-refractivity contribution is 7.08. The van der Waals surface area contributed by atoms with Gasteiger partial charge in [0.15, 0.2) is 0 Å². The van der Waals surface area contributed by atoms with Gasteiger partial charge in [-0.25, -0.2) is 0 Å². The summed E-state index contributed by atoms with van der Waals surface area (Å²) >= 11 is 1.74. The summed E-state index contributed by atoms with van der Waals surface area (Å²) in [5.74, 6) is 0.930. The third kappa shape index (κ3) is 3.98. The molecule has 3 nitrogen and oxygen atoms in total. The number of piperidine rings is 1. The molecule has 0 aliphatic carbocycles.